The predicted octanol–water partition coefficient (Wildman–Crippen LogP) is 2.53. The summed E-state index contributed by atoms with van der Waals surface area (Å²) in [5, 5.41) is 9.03. The second-order valence-electron chi connectivity index (χ2n) is 4.85. The van der Waals surface area contributed by atoms with Gasteiger partial charge in [0, 0.05) is 29.9 Å². The summed E-state index contributed by atoms with van der Waals surface area (Å²) in [4.78, 5) is 1.50. The van der Waals surface area contributed by atoms with Crippen LogP contribution in [-0.4, -0.2) is 26.2 Å². The van der Waals surface area contributed by atoms with E-state index in [4.69, 9.17) is 0 Å². The first kappa shape index (κ1) is 13.7. The molecule has 0 aliphatic heterocycles. The number of hydrogen-bond donors (Lipinski definition) is 2. The highest BCUT2D eigenvalue weighted by molar-refractivity contribution is 7.10. The Hall–Kier alpha value is -0.380. The molecule has 2 N–H and O–H groups in total. The lowest BCUT2D eigenvalue weighted by molar-refractivity contribution is 0.472. The summed E-state index contributed by atoms with van der Waals surface area (Å²) in [6.45, 7) is 13.1. The lowest BCUT2D eigenvalue weighted by Crippen LogP contribution is -2.36. The Labute approximate surface area is 103 Å². The summed E-state index contributed by atoms with van der Waals surface area (Å²) in [7, 11) is 0. The van der Waals surface area contributed by atoms with Gasteiger partial charge in [-0.25, -0.2) is 0 Å². The fraction of sp³-hybridized carbons (Fsp3) is 0.692. The zero-order chi connectivity index (χ0) is 12.0. The van der Waals surface area contributed by atoms with Crippen molar-refractivity contribution in [3.63, 3.8) is 0 Å². The van der Waals surface area contributed by atoms with E-state index in [1.165, 1.54) is 10.4 Å². The summed E-state index contributed by atoms with van der Waals surface area (Å²) >= 11 is 1.87. The Bertz CT molecular complexity index is 305. The molecule has 0 saturated carbocycles. The first-order valence-corrected chi connectivity index (χ1v) is 6.92. The number of likely N-dealkylation sites (N-methyl/N-ethyl adjacent to an activating group) is 1. The molecule has 1 rings (SSSR count). The van der Waals surface area contributed by atoms with Crippen LogP contribution < -0.4 is 10.6 Å². The lowest BCUT2D eigenvalue weighted by Gasteiger charge is -2.25. The van der Waals surface area contributed by atoms with E-state index < -0.39 is 0 Å². The van der Waals surface area contributed by atoms with E-state index >= 15 is 0 Å². The zero-order valence-corrected chi connectivity index (χ0v) is 11.7. The van der Waals surface area contributed by atoms with Crippen molar-refractivity contribution in [2.45, 2.75) is 33.1 Å². The molecule has 0 saturated heterocycles. The third-order valence-corrected chi connectivity index (χ3v) is 4.15. The van der Waals surface area contributed by atoms with Crippen LogP contribution in [0.3, 0.4) is 0 Å². The zero-order valence-electron chi connectivity index (χ0n) is 10.9. The van der Waals surface area contributed by atoms with Gasteiger partial charge in [0.1, 0.15) is 0 Å². The van der Waals surface area contributed by atoms with Crippen molar-refractivity contribution in [2.24, 2.45) is 0 Å². The molecule has 0 unspecified atom stereocenters. The normalized spacial score (nSPS) is 12.0. The number of hydrogen-bond acceptors (Lipinski definition) is 3. The molecule has 1 heterocycles. The molecular formula is C13H24N2S. The van der Waals surface area contributed by atoms with Crippen LogP contribution in [-0.2, 0) is 5.41 Å². The highest BCUT2D eigenvalue weighted by Crippen LogP contribution is 2.30. The average Bonchev–Trinajstić information content (AvgIpc) is 2.65. The van der Waals surface area contributed by atoms with E-state index in [0.29, 0.717) is 0 Å². The first-order chi connectivity index (χ1) is 7.58. The molecule has 0 aromatic carbocycles. The predicted molar refractivity (Wildman–Crippen MR) is 73.5 cm³/mol. The Morgan fingerprint density at radius 3 is 2.50 bits per heavy atom. The molecule has 16 heavy (non-hydrogen) atoms. The van der Waals surface area contributed by atoms with Gasteiger partial charge in [0.05, 0.1) is 0 Å². The van der Waals surface area contributed by atoms with E-state index in [9.17, 15) is 0 Å². The Balaban J connectivity index is 2.37. The third kappa shape index (κ3) is 3.89. The largest absolute Gasteiger partial charge is 0.316 e. The minimum absolute atomic E-state index is 0.241. The van der Waals surface area contributed by atoms with Crippen LogP contribution in [0, 0.1) is 6.92 Å². The van der Waals surface area contributed by atoms with Gasteiger partial charge in [-0.1, -0.05) is 20.8 Å². The van der Waals surface area contributed by atoms with E-state index in [1.807, 2.05) is 11.3 Å². The Kier molecular flexibility index (Phi) is 5.46. The van der Waals surface area contributed by atoms with Gasteiger partial charge in [-0.3, -0.25) is 0 Å². The average molecular weight is 240 g/mol. The van der Waals surface area contributed by atoms with Crippen LogP contribution in [0.2, 0.25) is 0 Å². The summed E-state index contributed by atoms with van der Waals surface area (Å²) in [5.74, 6) is 0. The second kappa shape index (κ2) is 6.38. The maximum atomic E-state index is 3.52. The summed E-state index contributed by atoms with van der Waals surface area (Å²) in [6, 6.07) is 2.21. The molecule has 0 spiro atoms. The highest BCUT2D eigenvalue weighted by atomic mass is 32.1. The van der Waals surface area contributed by atoms with Crippen molar-refractivity contribution in [3.8, 4) is 0 Å². The van der Waals surface area contributed by atoms with Gasteiger partial charge >= 0.3 is 0 Å². The molecule has 0 radical (unpaired) electrons. The van der Waals surface area contributed by atoms with Gasteiger partial charge in [0.15, 0.2) is 0 Å². The summed E-state index contributed by atoms with van der Waals surface area (Å²) in [6.07, 6.45) is 0. The molecule has 0 bridgehead atoms. The Morgan fingerprint density at radius 2 is 1.94 bits per heavy atom. The van der Waals surface area contributed by atoms with Crippen LogP contribution in [0.15, 0.2) is 11.4 Å². The molecule has 0 fully saturated rings. The number of rotatable bonds is 7. The minimum atomic E-state index is 0.241. The lowest BCUT2D eigenvalue weighted by atomic mass is 9.89. The quantitative estimate of drug-likeness (QED) is 0.716. The SMILES string of the molecule is CCNCCNCC(C)(C)c1sccc1C. The molecule has 0 atom stereocenters. The standard InChI is InChI=1S/C13H24N2S/c1-5-14-7-8-15-10-13(3,4)12-11(2)6-9-16-12/h6,9,14-15H,5,7-8,10H2,1-4H3. The van der Waals surface area contributed by atoms with Crippen LogP contribution in [0.25, 0.3) is 0 Å². The van der Waals surface area contributed by atoms with Gasteiger partial charge in [-0.2, -0.15) is 0 Å². The van der Waals surface area contributed by atoms with E-state index in [-0.39, 0.29) is 5.41 Å². The smallest absolute Gasteiger partial charge is 0.0143 e. The maximum Gasteiger partial charge on any atom is 0.0143 e. The van der Waals surface area contributed by atoms with Crippen molar-refractivity contribution >= 4 is 11.3 Å². The third-order valence-electron chi connectivity index (χ3n) is 2.77. The van der Waals surface area contributed by atoms with Crippen molar-refractivity contribution in [1.82, 2.24) is 10.6 Å². The molecule has 2 nitrogen and oxygen atoms in total. The Morgan fingerprint density at radius 1 is 1.25 bits per heavy atom. The van der Waals surface area contributed by atoms with E-state index in [1.54, 1.807) is 0 Å². The van der Waals surface area contributed by atoms with Gasteiger partial charge in [0.2, 0.25) is 0 Å². The molecular weight excluding hydrogens is 216 g/mol. The summed E-state index contributed by atoms with van der Waals surface area (Å²) in [5.41, 5.74) is 1.66. The number of thiophene rings is 1. The van der Waals surface area contributed by atoms with Gasteiger partial charge < -0.3 is 10.6 Å². The van der Waals surface area contributed by atoms with E-state index in [0.717, 1.165) is 26.2 Å². The van der Waals surface area contributed by atoms with Crippen molar-refractivity contribution in [3.05, 3.63) is 21.9 Å². The monoisotopic (exact) mass is 240 g/mol. The fourth-order valence-corrected chi connectivity index (χ4v) is 2.95. The van der Waals surface area contributed by atoms with Gasteiger partial charge in [-0.15, -0.1) is 11.3 Å². The van der Waals surface area contributed by atoms with Crippen molar-refractivity contribution in [2.75, 3.05) is 26.2 Å². The number of aryl methyl sites for hydroxylation is 1. The van der Waals surface area contributed by atoms with Gasteiger partial charge in [-0.05, 0) is 30.5 Å². The van der Waals surface area contributed by atoms with Crippen LogP contribution in [0.5, 0.6) is 0 Å². The topological polar surface area (TPSA) is 24.1 Å². The molecule has 1 aromatic rings. The van der Waals surface area contributed by atoms with Crippen molar-refractivity contribution < 1.29 is 0 Å². The molecule has 3 heteroatoms. The fourth-order valence-electron chi connectivity index (χ4n) is 1.90. The summed E-state index contributed by atoms with van der Waals surface area (Å²) < 4.78 is 0. The minimum Gasteiger partial charge on any atom is -0.316 e. The maximum absolute atomic E-state index is 3.52. The highest BCUT2D eigenvalue weighted by Gasteiger charge is 2.22. The molecule has 1 aromatic heterocycles. The molecule has 0 aliphatic rings. The van der Waals surface area contributed by atoms with Crippen LogP contribution in [0.1, 0.15) is 31.2 Å². The first-order valence-electron chi connectivity index (χ1n) is 6.04. The molecule has 0 aliphatic carbocycles. The van der Waals surface area contributed by atoms with Crippen LogP contribution >= 0.6 is 11.3 Å². The van der Waals surface area contributed by atoms with E-state index in [2.05, 4.69) is 49.8 Å². The molecule has 0 amide bonds. The van der Waals surface area contributed by atoms with Crippen molar-refractivity contribution in [1.29, 1.82) is 0 Å². The van der Waals surface area contributed by atoms with Gasteiger partial charge in [0.25, 0.3) is 0 Å². The molecule has 92 valence electrons. The van der Waals surface area contributed by atoms with Crippen LogP contribution in [0.4, 0.5) is 0 Å². The number of nitrogens with one attached hydrogen (secondary N) is 2. The second-order valence-corrected chi connectivity index (χ2v) is 5.76.